The third-order valence-electron chi connectivity index (χ3n) is 5.01. The number of rotatable bonds is 10. The Labute approximate surface area is 185 Å². The van der Waals surface area contributed by atoms with E-state index in [-0.39, 0.29) is 17.7 Å². The van der Waals surface area contributed by atoms with Crippen LogP contribution in [-0.4, -0.2) is 29.3 Å². The number of benzene rings is 2. The topological polar surface area (TPSA) is 49.4 Å². The maximum atomic E-state index is 13.2. The number of nitrogens with zero attached hydrogens (tertiary/aromatic N) is 1. The number of hydrogen-bond acceptors (Lipinski definition) is 2. The Morgan fingerprint density at radius 3 is 2.13 bits per heavy atom. The molecule has 0 saturated carbocycles. The Balaban J connectivity index is 2.32. The van der Waals surface area contributed by atoms with E-state index in [0.29, 0.717) is 30.5 Å². The molecule has 1 unspecified atom stereocenters. The SMILES string of the molecule is CC(C)CCNC(=O)C(Cc1ccccc1)N(Cc1ccc(Cl)cc1)C(=O)C(C)C. The molecule has 162 valence electrons. The highest BCUT2D eigenvalue weighted by molar-refractivity contribution is 6.30. The lowest BCUT2D eigenvalue weighted by atomic mass is 10.0. The molecule has 0 aromatic heterocycles. The standard InChI is InChI=1S/C25H33ClN2O2/c1-18(2)14-15-27-24(29)23(16-20-8-6-5-7-9-20)28(25(30)19(3)4)17-21-10-12-22(26)13-11-21/h5-13,18-19,23H,14-17H2,1-4H3,(H,27,29). The first-order valence-corrected chi connectivity index (χ1v) is 11.0. The van der Waals surface area contributed by atoms with Crippen molar-refractivity contribution >= 4 is 23.4 Å². The van der Waals surface area contributed by atoms with E-state index in [1.807, 2.05) is 68.4 Å². The van der Waals surface area contributed by atoms with Crippen LogP contribution in [0.4, 0.5) is 0 Å². The third kappa shape index (κ3) is 7.49. The van der Waals surface area contributed by atoms with E-state index in [9.17, 15) is 9.59 Å². The molecule has 1 atom stereocenters. The van der Waals surface area contributed by atoms with Gasteiger partial charge in [0.25, 0.3) is 0 Å². The van der Waals surface area contributed by atoms with E-state index in [2.05, 4.69) is 19.2 Å². The van der Waals surface area contributed by atoms with E-state index >= 15 is 0 Å². The zero-order valence-electron chi connectivity index (χ0n) is 18.4. The van der Waals surface area contributed by atoms with Crippen LogP contribution in [0.3, 0.4) is 0 Å². The van der Waals surface area contributed by atoms with Crippen molar-refractivity contribution in [3.8, 4) is 0 Å². The van der Waals surface area contributed by atoms with Crippen molar-refractivity contribution in [2.24, 2.45) is 11.8 Å². The molecule has 0 aliphatic rings. The van der Waals surface area contributed by atoms with Gasteiger partial charge < -0.3 is 10.2 Å². The van der Waals surface area contributed by atoms with Gasteiger partial charge in [-0.2, -0.15) is 0 Å². The fraction of sp³-hybridized carbons (Fsp3) is 0.440. The van der Waals surface area contributed by atoms with Crippen LogP contribution in [-0.2, 0) is 22.6 Å². The summed E-state index contributed by atoms with van der Waals surface area (Å²) in [5.41, 5.74) is 1.97. The summed E-state index contributed by atoms with van der Waals surface area (Å²) >= 11 is 6.02. The summed E-state index contributed by atoms with van der Waals surface area (Å²) in [5, 5.41) is 3.70. The number of amides is 2. The molecule has 0 bridgehead atoms. The van der Waals surface area contributed by atoms with Gasteiger partial charge in [-0.05, 0) is 35.6 Å². The monoisotopic (exact) mass is 428 g/mol. The van der Waals surface area contributed by atoms with Crippen molar-refractivity contribution in [2.75, 3.05) is 6.54 Å². The molecule has 2 rings (SSSR count). The minimum atomic E-state index is -0.579. The summed E-state index contributed by atoms with van der Waals surface area (Å²) in [6.45, 7) is 8.96. The van der Waals surface area contributed by atoms with E-state index in [1.165, 1.54) is 0 Å². The summed E-state index contributed by atoms with van der Waals surface area (Å²) < 4.78 is 0. The lowest BCUT2D eigenvalue weighted by molar-refractivity contribution is -0.143. The normalized spacial score (nSPS) is 12.1. The Morgan fingerprint density at radius 1 is 0.933 bits per heavy atom. The van der Waals surface area contributed by atoms with Gasteiger partial charge in [-0.1, -0.05) is 81.8 Å². The minimum absolute atomic E-state index is 0.0371. The highest BCUT2D eigenvalue weighted by atomic mass is 35.5. The maximum Gasteiger partial charge on any atom is 0.243 e. The quantitative estimate of drug-likeness (QED) is 0.572. The molecule has 0 saturated heterocycles. The first-order valence-electron chi connectivity index (χ1n) is 10.6. The summed E-state index contributed by atoms with van der Waals surface area (Å²) in [5.74, 6) is 0.145. The van der Waals surface area contributed by atoms with E-state index in [0.717, 1.165) is 17.5 Å². The number of halogens is 1. The maximum absolute atomic E-state index is 13.2. The van der Waals surface area contributed by atoms with Crippen LogP contribution in [0.25, 0.3) is 0 Å². The fourth-order valence-electron chi connectivity index (χ4n) is 3.24. The van der Waals surface area contributed by atoms with Crippen LogP contribution in [0.5, 0.6) is 0 Å². The van der Waals surface area contributed by atoms with Crippen LogP contribution in [0.15, 0.2) is 54.6 Å². The molecule has 0 radical (unpaired) electrons. The van der Waals surface area contributed by atoms with Crippen LogP contribution in [0.2, 0.25) is 5.02 Å². The molecule has 30 heavy (non-hydrogen) atoms. The first kappa shape index (κ1) is 23.9. The molecule has 0 spiro atoms. The van der Waals surface area contributed by atoms with Gasteiger partial charge in [0.05, 0.1) is 0 Å². The number of nitrogens with one attached hydrogen (secondary N) is 1. The van der Waals surface area contributed by atoms with Gasteiger partial charge in [0.2, 0.25) is 11.8 Å². The summed E-state index contributed by atoms with van der Waals surface area (Å²) in [7, 11) is 0. The van der Waals surface area contributed by atoms with Crippen LogP contribution < -0.4 is 5.32 Å². The van der Waals surface area contributed by atoms with E-state index in [1.54, 1.807) is 4.90 Å². The second kappa shape index (κ2) is 11.8. The smallest absolute Gasteiger partial charge is 0.243 e. The number of hydrogen-bond donors (Lipinski definition) is 1. The zero-order valence-corrected chi connectivity index (χ0v) is 19.2. The highest BCUT2D eigenvalue weighted by Gasteiger charge is 2.31. The molecule has 2 aromatic carbocycles. The minimum Gasteiger partial charge on any atom is -0.354 e. The molecule has 2 aromatic rings. The summed E-state index contributed by atoms with van der Waals surface area (Å²) in [4.78, 5) is 28.1. The van der Waals surface area contributed by atoms with Gasteiger partial charge in [0, 0.05) is 30.5 Å². The lowest BCUT2D eigenvalue weighted by Crippen LogP contribution is -2.51. The molecule has 0 aliphatic carbocycles. The Morgan fingerprint density at radius 2 is 1.57 bits per heavy atom. The van der Waals surface area contributed by atoms with Gasteiger partial charge in [-0.3, -0.25) is 9.59 Å². The van der Waals surface area contributed by atoms with Gasteiger partial charge >= 0.3 is 0 Å². The van der Waals surface area contributed by atoms with Crippen molar-refractivity contribution in [1.29, 1.82) is 0 Å². The van der Waals surface area contributed by atoms with Gasteiger partial charge in [-0.25, -0.2) is 0 Å². The number of carbonyl (C=O) groups is 2. The van der Waals surface area contributed by atoms with Crippen molar-refractivity contribution in [1.82, 2.24) is 10.2 Å². The van der Waals surface area contributed by atoms with E-state index < -0.39 is 6.04 Å². The van der Waals surface area contributed by atoms with Crippen LogP contribution >= 0.6 is 11.6 Å². The Bertz CT molecular complexity index is 804. The second-order valence-corrected chi connectivity index (χ2v) is 8.86. The van der Waals surface area contributed by atoms with E-state index in [4.69, 9.17) is 11.6 Å². The van der Waals surface area contributed by atoms with Crippen molar-refractivity contribution in [2.45, 2.75) is 53.1 Å². The average Bonchev–Trinajstić information content (AvgIpc) is 2.71. The third-order valence-corrected chi connectivity index (χ3v) is 5.27. The highest BCUT2D eigenvalue weighted by Crippen LogP contribution is 2.18. The largest absolute Gasteiger partial charge is 0.354 e. The molecule has 0 heterocycles. The predicted molar refractivity (Wildman–Crippen MR) is 123 cm³/mol. The van der Waals surface area contributed by atoms with Gasteiger partial charge in [-0.15, -0.1) is 0 Å². The predicted octanol–water partition coefficient (Wildman–Crippen LogP) is 5.10. The van der Waals surface area contributed by atoms with Crippen LogP contribution in [0, 0.1) is 11.8 Å². The summed E-state index contributed by atoms with van der Waals surface area (Å²) in [6, 6.07) is 16.7. The zero-order chi connectivity index (χ0) is 22.1. The summed E-state index contributed by atoms with van der Waals surface area (Å²) in [6.07, 6.45) is 1.37. The molecule has 1 N–H and O–H groups in total. The molecular formula is C25H33ClN2O2. The van der Waals surface area contributed by atoms with Crippen molar-refractivity contribution in [3.63, 3.8) is 0 Å². The molecular weight excluding hydrogens is 396 g/mol. The Hall–Kier alpha value is -2.33. The molecule has 5 heteroatoms. The van der Waals surface area contributed by atoms with Gasteiger partial charge in [0.1, 0.15) is 6.04 Å². The van der Waals surface area contributed by atoms with Crippen LogP contribution in [0.1, 0.15) is 45.2 Å². The lowest BCUT2D eigenvalue weighted by Gasteiger charge is -2.33. The second-order valence-electron chi connectivity index (χ2n) is 8.43. The Kier molecular flexibility index (Phi) is 9.38. The van der Waals surface area contributed by atoms with Crippen molar-refractivity contribution < 1.29 is 9.59 Å². The fourth-order valence-corrected chi connectivity index (χ4v) is 3.37. The first-order chi connectivity index (χ1) is 14.3. The average molecular weight is 429 g/mol. The molecule has 2 amide bonds. The van der Waals surface area contributed by atoms with Gasteiger partial charge in [0.15, 0.2) is 0 Å². The number of carbonyl (C=O) groups excluding carboxylic acids is 2. The molecule has 0 aliphatic heterocycles. The van der Waals surface area contributed by atoms with Crippen molar-refractivity contribution in [3.05, 3.63) is 70.7 Å². The molecule has 0 fully saturated rings. The molecule has 4 nitrogen and oxygen atoms in total.